The number of hydrogen-bond donors (Lipinski definition) is 0. The fourth-order valence-corrected chi connectivity index (χ4v) is 6.53. The largest absolute Gasteiger partial charge is 0.464 e. The molecule has 0 N–H and O–H groups in total. The van der Waals surface area contributed by atoms with Gasteiger partial charge in [-0.05, 0) is 41.2 Å². The molecule has 4 atom stereocenters. The van der Waals surface area contributed by atoms with Gasteiger partial charge in [0.2, 0.25) is 0 Å². The van der Waals surface area contributed by atoms with Crippen LogP contribution in [0.15, 0.2) is 41.0 Å². The standard InChI is InChI=1S/C28H31NO4/c1-17-26-23(30)8-6-21(27(31)28(17,26)2)22-16-33-24-9-7-19-18(4-3-5-20(19)25(22)24)10-11-29-12-14-32-15-13-29/h3-5,7,9,16-17,21,26H,6,8,10-15H2,1-2H3/t17-,21?,26?,28?/m1/s1. The molecule has 0 amide bonds. The number of nitrogens with zero attached hydrogens (tertiary/aromatic N) is 1. The second-order valence-electron chi connectivity index (χ2n) is 10.3. The van der Waals surface area contributed by atoms with Gasteiger partial charge in [-0.15, -0.1) is 0 Å². The van der Waals surface area contributed by atoms with Crippen molar-refractivity contribution in [3.8, 4) is 0 Å². The average molecular weight is 446 g/mol. The number of Topliss-reactive ketones (excluding diaryl/α,β-unsaturated/α-hetero) is 2. The van der Waals surface area contributed by atoms with Crippen LogP contribution in [0.2, 0.25) is 0 Å². The normalized spacial score (nSPS) is 30.5. The Morgan fingerprint density at radius 1 is 1.09 bits per heavy atom. The van der Waals surface area contributed by atoms with E-state index in [-0.39, 0.29) is 29.3 Å². The van der Waals surface area contributed by atoms with Crippen molar-refractivity contribution in [2.24, 2.45) is 17.3 Å². The van der Waals surface area contributed by atoms with E-state index in [0.717, 1.165) is 61.2 Å². The molecular formula is C28H31NO4. The van der Waals surface area contributed by atoms with Gasteiger partial charge in [-0.3, -0.25) is 14.5 Å². The first kappa shape index (κ1) is 21.1. The molecule has 2 saturated carbocycles. The van der Waals surface area contributed by atoms with E-state index >= 15 is 0 Å². The molecule has 1 aromatic heterocycles. The Balaban J connectivity index is 1.39. The van der Waals surface area contributed by atoms with Crippen molar-refractivity contribution in [3.63, 3.8) is 0 Å². The number of rotatable bonds is 4. The van der Waals surface area contributed by atoms with Crippen molar-refractivity contribution in [2.75, 3.05) is 32.8 Å². The summed E-state index contributed by atoms with van der Waals surface area (Å²) >= 11 is 0. The summed E-state index contributed by atoms with van der Waals surface area (Å²) in [4.78, 5) is 28.8. The highest BCUT2D eigenvalue weighted by Crippen LogP contribution is 2.63. The van der Waals surface area contributed by atoms with Gasteiger partial charge in [-0.1, -0.05) is 38.1 Å². The van der Waals surface area contributed by atoms with Crippen LogP contribution in [0, 0.1) is 17.3 Å². The highest BCUT2D eigenvalue weighted by molar-refractivity contribution is 6.11. The molecule has 2 aromatic carbocycles. The molecule has 5 heteroatoms. The highest BCUT2D eigenvalue weighted by Gasteiger charge is 2.68. The van der Waals surface area contributed by atoms with Gasteiger partial charge < -0.3 is 9.15 Å². The first-order valence-corrected chi connectivity index (χ1v) is 12.3. The molecule has 0 radical (unpaired) electrons. The van der Waals surface area contributed by atoms with Gasteiger partial charge in [0, 0.05) is 54.3 Å². The minimum absolute atomic E-state index is 0.100. The molecule has 1 saturated heterocycles. The van der Waals surface area contributed by atoms with Crippen LogP contribution < -0.4 is 0 Å². The van der Waals surface area contributed by atoms with Gasteiger partial charge in [-0.25, -0.2) is 0 Å². The number of carbonyl (C=O) groups is 2. The van der Waals surface area contributed by atoms with Crippen LogP contribution in [0.1, 0.15) is 43.7 Å². The fraction of sp³-hybridized carbons (Fsp3) is 0.500. The molecule has 0 bridgehead atoms. The maximum absolute atomic E-state index is 13.7. The lowest BCUT2D eigenvalue weighted by atomic mass is 9.82. The number of benzene rings is 2. The van der Waals surface area contributed by atoms with E-state index in [2.05, 4.69) is 29.2 Å². The average Bonchev–Trinajstić information content (AvgIpc) is 3.20. The number of morpholine rings is 1. The third kappa shape index (κ3) is 3.20. The Labute approximate surface area is 194 Å². The summed E-state index contributed by atoms with van der Waals surface area (Å²) in [6.45, 7) is 8.65. The molecule has 2 heterocycles. The molecule has 1 aliphatic heterocycles. The summed E-state index contributed by atoms with van der Waals surface area (Å²) in [5, 5.41) is 3.41. The van der Waals surface area contributed by atoms with E-state index < -0.39 is 5.41 Å². The van der Waals surface area contributed by atoms with Crippen LogP contribution in [0.3, 0.4) is 0 Å². The summed E-state index contributed by atoms with van der Waals surface area (Å²) in [6, 6.07) is 10.7. The van der Waals surface area contributed by atoms with Gasteiger partial charge in [0.25, 0.3) is 0 Å². The van der Waals surface area contributed by atoms with Crippen molar-refractivity contribution < 1.29 is 18.7 Å². The third-order valence-corrected chi connectivity index (χ3v) is 8.75. The highest BCUT2D eigenvalue weighted by atomic mass is 16.5. The molecule has 3 aromatic rings. The lowest BCUT2D eigenvalue weighted by molar-refractivity contribution is -0.127. The minimum Gasteiger partial charge on any atom is -0.464 e. The minimum atomic E-state index is -0.518. The lowest BCUT2D eigenvalue weighted by Gasteiger charge is -2.26. The maximum atomic E-state index is 13.7. The van der Waals surface area contributed by atoms with Gasteiger partial charge in [0.15, 0.2) is 0 Å². The first-order valence-electron chi connectivity index (χ1n) is 12.3. The van der Waals surface area contributed by atoms with E-state index in [1.807, 2.05) is 19.9 Å². The van der Waals surface area contributed by atoms with Crippen LogP contribution in [0.5, 0.6) is 0 Å². The molecular weight excluding hydrogens is 414 g/mol. The van der Waals surface area contributed by atoms with Crippen LogP contribution in [0.4, 0.5) is 0 Å². The molecule has 6 rings (SSSR count). The number of ketones is 2. The zero-order valence-corrected chi connectivity index (χ0v) is 19.4. The zero-order chi connectivity index (χ0) is 22.7. The monoisotopic (exact) mass is 445 g/mol. The number of carbonyl (C=O) groups excluding carboxylic acids is 2. The van der Waals surface area contributed by atoms with E-state index in [4.69, 9.17) is 9.15 Å². The number of fused-ring (bicyclic) bond motifs is 4. The summed E-state index contributed by atoms with van der Waals surface area (Å²) in [6.07, 6.45) is 3.81. The third-order valence-electron chi connectivity index (χ3n) is 8.75. The number of ether oxygens (including phenoxy) is 1. The predicted octanol–water partition coefficient (Wildman–Crippen LogP) is 4.75. The van der Waals surface area contributed by atoms with E-state index in [1.54, 1.807) is 6.26 Å². The van der Waals surface area contributed by atoms with Crippen molar-refractivity contribution in [3.05, 3.63) is 47.7 Å². The summed E-state index contributed by atoms with van der Waals surface area (Å²) in [7, 11) is 0. The lowest BCUT2D eigenvalue weighted by Crippen LogP contribution is -2.37. The molecule has 2 aliphatic carbocycles. The predicted molar refractivity (Wildman–Crippen MR) is 127 cm³/mol. The summed E-state index contributed by atoms with van der Waals surface area (Å²) in [5.41, 5.74) is 2.57. The van der Waals surface area contributed by atoms with Crippen molar-refractivity contribution in [1.29, 1.82) is 0 Å². The molecule has 3 aliphatic rings. The SMILES string of the molecule is C[C@@H]1C2C(=O)CCC(c3coc4ccc5c(CCN6CCOCC6)cccc5c34)C(=O)C21C. The Bertz CT molecular complexity index is 1250. The van der Waals surface area contributed by atoms with E-state index in [9.17, 15) is 9.59 Å². The Morgan fingerprint density at radius 2 is 1.91 bits per heavy atom. The molecule has 172 valence electrons. The Morgan fingerprint density at radius 3 is 2.73 bits per heavy atom. The van der Waals surface area contributed by atoms with Gasteiger partial charge >= 0.3 is 0 Å². The first-order chi connectivity index (χ1) is 16.0. The summed E-state index contributed by atoms with van der Waals surface area (Å²) in [5.74, 6) is 0.231. The smallest absolute Gasteiger partial charge is 0.147 e. The molecule has 3 fully saturated rings. The van der Waals surface area contributed by atoms with Crippen molar-refractivity contribution in [1.82, 2.24) is 4.90 Å². The number of hydrogen-bond acceptors (Lipinski definition) is 5. The van der Waals surface area contributed by atoms with E-state index in [1.165, 1.54) is 10.9 Å². The molecule has 33 heavy (non-hydrogen) atoms. The topological polar surface area (TPSA) is 59.8 Å². The van der Waals surface area contributed by atoms with E-state index in [0.29, 0.717) is 12.8 Å². The number of furan rings is 1. The second kappa shape index (κ2) is 7.78. The van der Waals surface area contributed by atoms with Crippen LogP contribution in [-0.4, -0.2) is 49.3 Å². The van der Waals surface area contributed by atoms with Crippen LogP contribution >= 0.6 is 0 Å². The van der Waals surface area contributed by atoms with Crippen molar-refractivity contribution >= 4 is 33.3 Å². The fourth-order valence-electron chi connectivity index (χ4n) is 6.53. The Hall–Kier alpha value is -2.50. The van der Waals surface area contributed by atoms with Crippen LogP contribution in [-0.2, 0) is 20.7 Å². The van der Waals surface area contributed by atoms with Gasteiger partial charge in [0.1, 0.15) is 17.1 Å². The molecule has 5 nitrogen and oxygen atoms in total. The Kier molecular flexibility index (Phi) is 4.96. The second-order valence-corrected chi connectivity index (χ2v) is 10.3. The molecule has 0 spiro atoms. The maximum Gasteiger partial charge on any atom is 0.147 e. The molecule has 3 unspecified atom stereocenters. The van der Waals surface area contributed by atoms with Crippen molar-refractivity contribution in [2.45, 2.75) is 39.0 Å². The van der Waals surface area contributed by atoms with Gasteiger partial charge in [-0.2, -0.15) is 0 Å². The quantitative estimate of drug-likeness (QED) is 0.580. The zero-order valence-electron chi connectivity index (χ0n) is 19.4. The van der Waals surface area contributed by atoms with Gasteiger partial charge in [0.05, 0.1) is 19.5 Å². The summed E-state index contributed by atoms with van der Waals surface area (Å²) < 4.78 is 11.5. The van der Waals surface area contributed by atoms with Crippen LogP contribution in [0.25, 0.3) is 21.7 Å².